The van der Waals surface area contributed by atoms with Gasteiger partial charge in [0.15, 0.2) is 0 Å². The van der Waals surface area contributed by atoms with Crippen molar-refractivity contribution in [3.8, 4) is 5.75 Å². The van der Waals surface area contributed by atoms with Crippen LogP contribution in [0.15, 0.2) is 47.2 Å². The number of anilines is 1. The van der Waals surface area contributed by atoms with Crippen LogP contribution in [-0.2, 0) is 6.54 Å². The molecule has 1 N–H and O–H groups in total. The molecule has 0 radical (unpaired) electrons. The minimum absolute atomic E-state index is 0.770. The van der Waals surface area contributed by atoms with Crippen molar-refractivity contribution in [3.05, 3.63) is 52.8 Å². The van der Waals surface area contributed by atoms with Gasteiger partial charge in [0.25, 0.3) is 0 Å². The van der Waals surface area contributed by atoms with Crippen molar-refractivity contribution in [2.75, 3.05) is 12.4 Å². The van der Waals surface area contributed by atoms with E-state index in [9.17, 15) is 0 Å². The van der Waals surface area contributed by atoms with Gasteiger partial charge in [-0.15, -0.1) is 0 Å². The van der Waals surface area contributed by atoms with Crippen molar-refractivity contribution in [1.29, 1.82) is 0 Å². The van der Waals surface area contributed by atoms with Gasteiger partial charge in [0.2, 0.25) is 0 Å². The maximum absolute atomic E-state index is 5.11. The molecule has 0 aliphatic heterocycles. The number of nitrogens with zero attached hydrogens (tertiary/aromatic N) is 1. The highest BCUT2D eigenvalue weighted by Crippen LogP contribution is 2.21. The molecular formula is C13H13BrN2O. The topological polar surface area (TPSA) is 34.1 Å². The first kappa shape index (κ1) is 11.9. The summed E-state index contributed by atoms with van der Waals surface area (Å²) in [6, 6.07) is 9.94. The molecule has 3 nitrogen and oxygen atoms in total. The number of benzene rings is 1. The molecule has 0 unspecified atom stereocenters. The van der Waals surface area contributed by atoms with Crippen molar-refractivity contribution in [2.45, 2.75) is 6.54 Å². The van der Waals surface area contributed by atoms with E-state index in [0.29, 0.717) is 0 Å². The zero-order valence-electron chi connectivity index (χ0n) is 9.48. The Morgan fingerprint density at radius 2 is 2.00 bits per heavy atom. The molecule has 1 aromatic heterocycles. The first-order valence-electron chi connectivity index (χ1n) is 5.26. The first-order valence-corrected chi connectivity index (χ1v) is 6.05. The molecule has 0 spiro atoms. The summed E-state index contributed by atoms with van der Waals surface area (Å²) < 4.78 is 6.08. The highest BCUT2D eigenvalue weighted by atomic mass is 79.9. The second-order valence-electron chi connectivity index (χ2n) is 3.56. The Labute approximate surface area is 109 Å². The summed E-state index contributed by atoms with van der Waals surface area (Å²) in [4.78, 5) is 4.02. The Balaban J connectivity index is 2.00. The van der Waals surface area contributed by atoms with Crippen LogP contribution in [0.2, 0.25) is 0 Å². The lowest BCUT2D eigenvalue weighted by atomic mass is 10.2. The Kier molecular flexibility index (Phi) is 3.98. The summed E-state index contributed by atoms with van der Waals surface area (Å²) in [7, 11) is 1.67. The van der Waals surface area contributed by atoms with E-state index < -0.39 is 0 Å². The highest BCUT2D eigenvalue weighted by molar-refractivity contribution is 9.10. The zero-order valence-corrected chi connectivity index (χ0v) is 11.1. The molecule has 0 bridgehead atoms. The molecule has 17 heavy (non-hydrogen) atoms. The summed E-state index contributed by atoms with van der Waals surface area (Å²) in [6.07, 6.45) is 3.54. The highest BCUT2D eigenvalue weighted by Gasteiger charge is 1.99. The molecule has 0 fully saturated rings. The first-order chi connectivity index (χ1) is 8.29. The molecule has 0 atom stereocenters. The van der Waals surface area contributed by atoms with Crippen molar-refractivity contribution in [1.82, 2.24) is 4.98 Å². The number of rotatable bonds is 4. The molecule has 1 aromatic carbocycles. The summed E-state index contributed by atoms with van der Waals surface area (Å²) in [6.45, 7) is 0.770. The van der Waals surface area contributed by atoms with Gasteiger partial charge in [-0.2, -0.15) is 0 Å². The molecule has 0 saturated carbocycles. The fourth-order valence-electron chi connectivity index (χ4n) is 1.46. The lowest BCUT2D eigenvalue weighted by Crippen LogP contribution is -2.00. The van der Waals surface area contributed by atoms with Crippen molar-refractivity contribution < 1.29 is 4.74 Å². The molecule has 0 saturated heterocycles. The average Bonchev–Trinajstić information content (AvgIpc) is 2.38. The number of nitrogens with one attached hydrogen (secondary N) is 1. The number of methoxy groups -OCH3 is 1. The van der Waals surface area contributed by atoms with E-state index in [2.05, 4.69) is 26.2 Å². The van der Waals surface area contributed by atoms with Gasteiger partial charge in [-0.1, -0.05) is 12.1 Å². The van der Waals surface area contributed by atoms with Crippen LogP contribution >= 0.6 is 15.9 Å². The fraction of sp³-hybridized carbons (Fsp3) is 0.154. The molecule has 88 valence electrons. The SMILES string of the molecule is COc1ccc(CNc2ccncc2Br)cc1. The fourth-order valence-corrected chi connectivity index (χ4v) is 1.85. The smallest absolute Gasteiger partial charge is 0.118 e. The third-order valence-electron chi connectivity index (χ3n) is 2.41. The predicted octanol–water partition coefficient (Wildman–Crippen LogP) is 3.46. The van der Waals surface area contributed by atoms with Crippen LogP contribution in [0.1, 0.15) is 5.56 Å². The molecule has 0 aliphatic carbocycles. The third-order valence-corrected chi connectivity index (χ3v) is 3.05. The Bertz CT molecular complexity index is 485. The van der Waals surface area contributed by atoms with Crippen LogP contribution in [0, 0.1) is 0 Å². The maximum atomic E-state index is 5.11. The van der Waals surface area contributed by atoms with Gasteiger partial charge in [-0.25, -0.2) is 0 Å². The Morgan fingerprint density at radius 1 is 1.24 bits per heavy atom. The van der Waals surface area contributed by atoms with E-state index in [1.807, 2.05) is 30.3 Å². The van der Waals surface area contributed by atoms with Gasteiger partial charge in [-0.05, 0) is 39.7 Å². The predicted molar refractivity (Wildman–Crippen MR) is 72.3 cm³/mol. The van der Waals surface area contributed by atoms with Gasteiger partial charge in [0.05, 0.1) is 17.3 Å². The standard InChI is InChI=1S/C13H13BrN2O/c1-17-11-4-2-10(3-5-11)8-16-13-6-7-15-9-12(13)14/h2-7,9H,8H2,1H3,(H,15,16). The van der Waals surface area contributed by atoms with Crippen LogP contribution in [0.5, 0.6) is 5.75 Å². The minimum atomic E-state index is 0.770. The number of ether oxygens (including phenoxy) is 1. The van der Waals surface area contributed by atoms with Crippen LogP contribution < -0.4 is 10.1 Å². The van der Waals surface area contributed by atoms with E-state index in [0.717, 1.165) is 22.5 Å². The molecule has 2 aromatic rings. The normalized spacial score (nSPS) is 10.0. The van der Waals surface area contributed by atoms with Crippen LogP contribution in [0.3, 0.4) is 0 Å². The van der Waals surface area contributed by atoms with E-state index in [1.54, 1.807) is 19.5 Å². The van der Waals surface area contributed by atoms with Gasteiger partial charge in [-0.3, -0.25) is 4.98 Å². The van der Waals surface area contributed by atoms with Crippen LogP contribution in [-0.4, -0.2) is 12.1 Å². The molecule has 0 aliphatic rings. The number of halogens is 1. The summed E-state index contributed by atoms with van der Waals surface area (Å²) >= 11 is 3.45. The Hall–Kier alpha value is -1.55. The molecule has 2 rings (SSSR count). The quantitative estimate of drug-likeness (QED) is 0.937. The largest absolute Gasteiger partial charge is 0.497 e. The number of hydrogen-bond donors (Lipinski definition) is 1. The lowest BCUT2D eigenvalue weighted by Gasteiger charge is -2.08. The second kappa shape index (κ2) is 5.68. The lowest BCUT2D eigenvalue weighted by molar-refractivity contribution is 0.414. The molecule has 1 heterocycles. The number of aromatic nitrogens is 1. The minimum Gasteiger partial charge on any atom is -0.497 e. The molecule has 4 heteroatoms. The van der Waals surface area contributed by atoms with Gasteiger partial charge in [0, 0.05) is 18.9 Å². The van der Waals surface area contributed by atoms with E-state index in [1.165, 1.54) is 5.56 Å². The van der Waals surface area contributed by atoms with Gasteiger partial charge < -0.3 is 10.1 Å². The van der Waals surface area contributed by atoms with Crippen molar-refractivity contribution in [3.63, 3.8) is 0 Å². The van der Waals surface area contributed by atoms with E-state index in [4.69, 9.17) is 4.74 Å². The molecular weight excluding hydrogens is 280 g/mol. The third kappa shape index (κ3) is 3.20. The van der Waals surface area contributed by atoms with Crippen LogP contribution in [0.25, 0.3) is 0 Å². The van der Waals surface area contributed by atoms with E-state index >= 15 is 0 Å². The van der Waals surface area contributed by atoms with Gasteiger partial charge >= 0.3 is 0 Å². The van der Waals surface area contributed by atoms with Crippen molar-refractivity contribution in [2.24, 2.45) is 0 Å². The number of hydrogen-bond acceptors (Lipinski definition) is 3. The van der Waals surface area contributed by atoms with Crippen molar-refractivity contribution >= 4 is 21.6 Å². The van der Waals surface area contributed by atoms with Crippen LogP contribution in [0.4, 0.5) is 5.69 Å². The maximum Gasteiger partial charge on any atom is 0.118 e. The monoisotopic (exact) mass is 292 g/mol. The van der Waals surface area contributed by atoms with E-state index in [-0.39, 0.29) is 0 Å². The molecule has 0 amide bonds. The zero-order chi connectivity index (χ0) is 12.1. The summed E-state index contributed by atoms with van der Waals surface area (Å²) in [5.41, 5.74) is 2.24. The summed E-state index contributed by atoms with van der Waals surface area (Å²) in [5, 5.41) is 3.34. The summed E-state index contributed by atoms with van der Waals surface area (Å²) in [5.74, 6) is 0.874. The average molecular weight is 293 g/mol. The van der Waals surface area contributed by atoms with Gasteiger partial charge in [0.1, 0.15) is 5.75 Å². The second-order valence-corrected chi connectivity index (χ2v) is 4.41. The number of pyridine rings is 1. The Morgan fingerprint density at radius 3 is 2.65 bits per heavy atom.